The van der Waals surface area contributed by atoms with Crippen LogP contribution in [-0.2, 0) is 17.6 Å². The third-order valence-electron chi connectivity index (χ3n) is 2.82. The fourth-order valence-electron chi connectivity index (χ4n) is 1.67. The number of likely N-dealkylation sites (N-methyl/N-ethyl adjacent to an activating group) is 1. The van der Waals surface area contributed by atoms with Crippen molar-refractivity contribution in [2.75, 3.05) is 13.6 Å². The maximum Gasteiger partial charge on any atom is 0.227 e. The molecule has 0 unspecified atom stereocenters. The topological polar surface area (TPSA) is 33.2 Å². The molecule has 0 fully saturated rings. The van der Waals surface area contributed by atoms with Crippen molar-refractivity contribution >= 4 is 17.2 Å². The van der Waals surface area contributed by atoms with Crippen molar-refractivity contribution in [3.63, 3.8) is 0 Å². The normalized spacial score (nSPS) is 10.3. The summed E-state index contributed by atoms with van der Waals surface area (Å²) in [6.45, 7) is 0.744. The summed E-state index contributed by atoms with van der Waals surface area (Å²) >= 11 is 1.63. The molecule has 0 spiro atoms. The first-order valence-electron chi connectivity index (χ1n) is 5.91. The largest absolute Gasteiger partial charge is 0.345 e. The average Bonchev–Trinajstić information content (AvgIpc) is 2.90. The Morgan fingerprint density at radius 1 is 1.33 bits per heavy atom. The van der Waals surface area contributed by atoms with E-state index in [2.05, 4.69) is 4.98 Å². The van der Waals surface area contributed by atoms with Crippen molar-refractivity contribution in [2.24, 2.45) is 0 Å². The summed E-state index contributed by atoms with van der Waals surface area (Å²) in [6, 6.07) is 7.94. The quantitative estimate of drug-likeness (QED) is 0.827. The van der Waals surface area contributed by atoms with Gasteiger partial charge in [0.1, 0.15) is 0 Å². The lowest BCUT2D eigenvalue weighted by Gasteiger charge is -2.16. The summed E-state index contributed by atoms with van der Waals surface area (Å²) in [5.74, 6) is 0.173. The van der Waals surface area contributed by atoms with Gasteiger partial charge in [0.2, 0.25) is 5.91 Å². The van der Waals surface area contributed by atoms with Crippen LogP contribution in [0.4, 0.5) is 0 Å². The molecule has 0 N–H and O–H groups in total. The zero-order chi connectivity index (χ0) is 12.8. The van der Waals surface area contributed by atoms with Gasteiger partial charge in [-0.1, -0.05) is 6.07 Å². The number of amides is 1. The first kappa shape index (κ1) is 12.8. The van der Waals surface area contributed by atoms with E-state index in [0.717, 1.165) is 17.8 Å². The van der Waals surface area contributed by atoms with Gasteiger partial charge in [0.25, 0.3) is 0 Å². The van der Waals surface area contributed by atoms with Crippen LogP contribution in [-0.4, -0.2) is 29.4 Å². The van der Waals surface area contributed by atoms with Crippen LogP contribution in [0.25, 0.3) is 0 Å². The maximum atomic E-state index is 12.0. The molecule has 0 atom stereocenters. The summed E-state index contributed by atoms with van der Waals surface area (Å²) in [5.41, 5.74) is 1.21. The van der Waals surface area contributed by atoms with Crippen LogP contribution < -0.4 is 0 Å². The number of carbonyl (C=O) groups excluding carboxylic acids is 1. The van der Waals surface area contributed by atoms with Gasteiger partial charge in [0.15, 0.2) is 0 Å². The van der Waals surface area contributed by atoms with E-state index in [1.165, 1.54) is 5.56 Å². The fraction of sp³-hybridized carbons (Fsp3) is 0.286. The Bertz CT molecular complexity index is 482. The summed E-state index contributed by atoms with van der Waals surface area (Å²) in [4.78, 5) is 18.8. The SMILES string of the molecule is CN(CCc1ccncc1)C(=O)Cc1cccs1. The van der Waals surface area contributed by atoms with E-state index in [0.29, 0.717) is 6.42 Å². The number of aromatic nitrogens is 1. The Morgan fingerprint density at radius 2 is 2.11 bits per heavy atom. The van der Waals surface area contributed by atoms with Gasteiger partial charge in [-0.3, -0.25) is 9.78 Å². The Balaban J connectivity index is 1.81. The van der Waals surface area contributed by atoms with E-state index in [4.69, 9.17) is 0 Å². The second-order valence-electron chi connectivity index (χ2n) is 4.18. The highest BCUT2D eigenvalue weighted by Crippen LogP contribution is 2.10. The lowest BCUT2D eigenvalue weighted by molar-refractivity contribution is -0.129. The van der Waals surface area contributed by atoms with Gasteiger partial charge in [-0.2, -0.15) is 0 Å². The molecule has 2 rings (SSSR count). The van der Waals surface area contributed by atoms with Crippen LogP contribution in [0.15, 0.2) is 42.0 Å². The second kappa shape index (κ2) is 6.31. The predicted octanol–water partition coefficient (Wildman–Crippen LogP) is 2.39. The third-order valence-corrected chi connectivity index (χ3v) is 3.69. The molecule has 94 valence electrons. The molecule has 0 aliphatic carbocycles. The summed E-state index contributed by atoms with van der Waals surface area (Å²) in [7, 11) is 1.86. The number of carbonyl (C=O) groups is 1. The Hall–Kier alpha value is -1.68. The zero-order valence-electron chi connectivity index (χ0n) is 10.4. The fourth-order valence-corrected chi connectivity index (χ4v) is 2.36. The molecule has 1 amide bonds. The number of nitrogens with zero attached hydrogens (tertiary/aromatic N) is 2. The lowest BCUT2D eigenvalue weighted by Crippen LogP contribution is -2.29. The molecule has 0 aliphatic rings. The molecular weight excluding hydrogens is 244 g/mol. The summed E-state index contributed by atoms with van der Waals surface area (Å²) in [6.07, 6.45) is 4.94. The van der Waals surface area contributed by atoms with Crippen molar-refractivity contribution in [3.8, 4) is 0 Å². The number of hydrogen-bond acceptors (Lipinski definition) is 3. The van der Waals surface area contributed by atoms with Crippen LogP contribution in [0.2, 0.25) is 0 Å². The van der Waals surface area contributed by atoms with Crippen molar-refractivity contribution < 1.29 is 4.79 Å². The highest BCUT2D eigenvalue weighted by Gasteiger charge is 2.09. The van der Waals surface area contributed by atoms with E-state index in [9.17, 15) is 4.79 Å². The van der Waals surface area contributed by atoms with Crippen LogP contribution in [0, 0.1) is 0 Å². The van der Waals surface area contributed by atoms with Gasteiger partial charge in [0, 0.05) is 30.9 Å². The van der Waals surface area contributed by atoms with Gasteiger partial charge >= 0.3 is 0 Å². The molecule has 2 heterocycles. The van der Waals surface area contributed by atoms with Gasteiger partial charge in [-0.15, -0.1) is 11.3 Å². The van der Waals surface area contributed by atoms with Crippen molar-refractivity contribution in [2.45, 2.75) is 12.8 Å². The molecule has 3 nitrogen and oxygen atoms in total. The molecule has 18 heavy (non-hydrogen) atoms. The van der Waals surface area contributed by atoms with Crippen molar-refractivity contribution in [1.29, 1.82) is 0 Å². The number of rotatable bonds is 5. The third kappa shape index (κ3) is 3.67. The molecule has 2 aromatic rings. The molecule has 0 bridgehead atoms. The van der Waals surface area contributed by atoms with E-state index in [1.54, 1.807) is 28.6 Å². The molecule has 2 aromatic heterocycles. The Morgan fingerprint density at radius 3 is 2.78 bits per heavy atom. The van der Waals surface area contributed by atoms with E-state index < -0.39 is 0 Å². The minimum Gasteiger partial charge on any atom is -0.345 e. The second-order valence-corrected chi connectivity index (χ2v) is 5.21. The molecular formula is C14H16N2OS. The van der Waals surface area contributed by atoms with E-state index in [-0.39, 0.29) is 5.91 Å². The number of hydrogen-bond donors (Lipinski definition) is 0. The highest BCUT2D eigenvalue weighted by molar-refractivity contribution is 7.10. The van der Waals surface area contributed by atoms with Gasteiger partial charge in [-0.25, -0.2) is 0 Å². The van der Waals surface area contributed by atoms with Crippen molar-refractivity contribution in [3.05, 3.63) is 52.5 Å². The van der Waals surface area contributed by atoms with Gasteiger partial charge in [0.05, 0.1) is 6.42 Å². The van der Waals surface area contributed by atoms with Crippen LogP contribution in [0.1, 0.15) is 10.4 Å². The first-order chi connectivity index (χ1) is 8.75. The standard InChI is InChI=1S/C14H16N2OS/c1-16(9-6-12-4-7-15-8-5-12)14(17)11-13-3-2-10-18-13/h2-5,7-8,10H,6,9,11H2,1H3. The highest BCUT2D eigenvalue weighted by atomic mass is 32.1. The molecule has 0 saturated heterocycles. The minimum atomic E-state index is 0.173. The molecule has 0 aliphatic heterocycles. The van der Waals surface area contributed by atoms with E-state index in [1.807, 2.05) is 36.7 Å². The Kier molecular flexibility index (Phi) is 4.47. The summed E-state index contributed by atoms with van der Waals surface area (Å²) in [5, 5.41) is 2.00. The first-order valence-corrected chi connectivity index (χ1v) is 6.79. The molecule has 0 aromatic carbocycles. The number of thiophene rings is 1. The average molecular weight is 260 g/mol. The molecule has 4 heteroatoms. The maximum absolute atomic E-state index is 12.0. The molecule has 0 saturated carbocycles. The minimum absolute atomic E-state index is 0.173. The van der Waals surface area contributed by atoms with Gasteiger partial charge in [-0.05, 0) is 35.6 Å². The monoisotopic (exact) mass is 260 g/mol. The summed E-state index contributed by atoms with van der Waals surface area (Å²) < 4.78 is 0. The number of pyridine rings is 1. The Labute approximate surface area is 111 Å². The van der Waals surface area contributed by atoms with Crippen LogP contribution in [0.3, 0.4) is 0 Å². The predicted molar refractivity (Wildman–Crippen MR) is 73.6 cm³/mol. The van der Waals surface area contributed by atoms with Gasteiger partial charge < -0.3 is 4.90 Å². The smallest absolute Gasteiger partial charge is 0.227 e. The van der Waals surface area contributed by atoms with Crippen LogP contribution >= 0.6 is 11.3 Å². The van der Waals surface area contributed by atoms with Crippen LogP contribution in [0.5, 0.6) is 0 Å². The van der Waals surface area contributed by atoms with E-state index >= 15 is 0 Å². The molecule has 0 radical (unpaired) electrons. The zero-order valence-corrected chi connectivity index (χ0v) is 11.2. The lowest BCUT2D eigenvalue weighted by atomic mass is 10.2. The van der Waals surface area contributed by atoms with Crippen molar-refractivity contribution in [1.82, 2.24) is 9.88 Å².